The molecular formula is C22H26N4O2. The van der Waals surface area contributed by atoms with Crippen LogP contribution in [0.4, 0.5) is 0 Å². The number of rotatable bonds is 7. The van der Waals surface area contributed by atoms with Crippen molar-refractivity contribution in [2.75, 3.05) is 7.05 Å². The molecule has 2 aromatic carbocycles. The monoisotopic (exact) mass is 378 g/mol. The van der Waals surface area contributed by atoms with E-state index < -0.39 is 0 Å². The Balaban J connectivity index is 1.52. The van der Waals surface area contributed by atoms with Gasteiger partial charge in [-0.2, -0.15) is 0 Å². The van der Waals surface area contributed by atoms with Crippen LogP contribution in [0.1, 0.15) is 25.1 Å². The number of ether oxygens (including phenoxy) is 1. The van der Waals surface area contributed by atoms with Gasteiger partial charge in [0.25, 0.3) is 0 Å². The second-order valence-corrected chi connectivity index (χ2v) is 6.60. The van der Waals surface area contributed by atoms with Crippen LogP contribution >= 0.6 is 0 Å². The van der Waals surface area contributed by atoms with E-state index in [4.69, 9.17) is 9.15 Å². The van der Waals surface area contributed by atoms with Gasteiger partial charge in [0.1, 0.15) is 12.0 Å². The maximum absolute atomic E-state index is 5.74. The van der Waals surface area contributed by atoms with Gasteiger partial charge in [0, 0.05) is 19.2 Å². The highest BCUT2D eigenvalue weighted by molar-refractivity contribution is 5.79. The van der Waals surface area contributed by atoms with Crippen molar-refractivity contribution in [1.29, 1.82) is 0 Å². The molecule has 0 unspecified atom stereocenters. The Kier molecular flexibility index (Phi) is 6.68. The van der Waals surface area contributed by atoms with E-state index in [1.165, 1.54) is 0 Å². The van der Waals surface area contributed by atoms with Crippen LogP contribution < -0.4 is 15.4 Å². The molecule has 0 atom stereocenters. The molecule has 146 valence electrons. The summed E-state index contributed by atoms with van der Waals surface area (Å²) in [5.41, 5.74) is 2.89. The summed E-state index contributed by atoms with van der Waals surface area (Å²) in [7, 11) is 1.74. The first kappa shape index (κ1) is 19.5. The predicted molar refractivity (Wildman–Crippen MR) is 111 cm³/mol. The molecule has 0 bridgehead atoms. The van der Waals surface area contributed by atoms with E-state index in [1.54, 1.807) is 13.3 Å². The van der Waals surface area contributed by atoms with Crippen molar-refractivity contribution >= 4 is 5.96 Å². The van der Waals surface area contributed by atoms with Crippen LogP contribution in [0.15, 0.2) is 70.3 Å². The number of oxazole rings is 1. The molecule has 1 aromatic heterocycles. The highest BCUT2D eigenvalue weighted by atomic mass is 16.5. The lowest BCUT2D eigenvalue weighted by Gasteiger charge is -2.13. The zero-order valence-electron chi connectivity index (χ0n) is 16.5. The summed E-state index contributed by atoms with van der Waals surface area (Å²) in [4.78, 5) is 8.77. The molecule has 6 nitrogen and oxygen atoms in total. The smallest absolute Gasteiger partial charge is 0.226 e. The van der Waals surface area contributed by atoms with Crippen molar-refractivity contribution in [2.45, 2.75) is 33.0 Å². The van der Waals surface area contributed by atoms with Gasteiger partial charge in [0.15, 0.2) is 5.96 Å². The maximum Gasteiger partial charge on any atom is 0.226 e. The summed E-state index contributed by atoms with van der Waals surface area (Å²) in [6.07, 6.45) is 1.82. The number of nitrogens with one attached hydrogen (secondary N) is 2. The standard InChI is InChI=1S/C22H26N4O2/c1-16(2)28-20-11-7-8-17(12-20)13-24-22(23-3)25-14-19-15-27-21(26-19)18-9-5-4-6-10-18/h4-12,15-16H,13-14H2,1-3H3,(H2,23,24,25). The fraction of sp³-hybridized carbons (Fsp3) is 0.273. The quantitative estimate of drug-likeness (QED) is 0.480. The Morgan fingerprint density at radius 1 is 1.07 bits per heavy atom. The van der Waals surface area contributed by atoms with E-state index in [1.807, 2.05) is 62.4 Å². The Morgan fingerprint density at radius 3 is 2.61 bits per heavy atom. The number of aromatic nitrogens is 1. The molecule has 0 spiro atoms. The highest BCUT2D eigenvalue weighted by Gasteiger charge is 2.07. The first-order valence-electron chi connectivity index (χ1n) is 9.34. The normalized spacial score (nSPS) is 11.5. The van der Waals surface area contributed by atoms with Crippen LogP contribution in [0.2, 0.25) is 0 Å². The van der Waals surface area contributed by atoms with Gasteiger partial charge in [-0.25, -0.2) is 4.98 Å². The predicted octanol–water partition coefficient (Wildman–Crippen LogP) is 3.99. The first-order chi connectivity index (χ1) is 13.6. The van der Waals surface area contributed by atoms with Crippen molar-refractivity contribution in [3.63, 3.8) is 0 Å². The number of hydrogen-bond acceptors (Lipinski definition) is 4. The second-order valence-electron chi connectivity index (χ2n) is 6.60. The van der Waals surface area contributed by atoms with Crippen LogP contribution in [0.25, 0.3) is 11.5 Å². The topological polar surface area (TPSA) is 71.7 Å². The fourth-order valence-electron chi connectivity index (χ4n) is 2.68. The van der Waals surface area contributed by atoms with E-state index in [9.17, 15) is 0 Å². The molecule has 28 heavy (non-hydrogen) atoms. The van der Waals surface area contributed by atoms with E-state index in [2.05, 4.69) is 26.7 Å². The van der Waals surface area contributed by atoms with Crippen LogP contribution in [0.3, 0.4) is 0 Å². The minimum atomic E-state index is 0.154. The number of nitrogens with zero attached hydrogens (tertiary/aromatic N) is 2. The Morgan fingerprint density at radius 2 is 1.86 bits per heavy atom. The molecule has 2 N–H and O–H groups in total. The van der Waals surface area contributed by atoms with Gasteiger partial charge < -0.3 is 19.8 Å². The average Bonchev–Trinajstić information content (AvgIpc) is 3.18. The summed E-state index contributed by atoms with van der Waals surface area (Å²) in [5, 5.41) is 6.55. The molecule has 3 aromatic rings. The summed E-state index contributed by atoms with van der Waals surface area (Å²) in [6.45, 7) is 5.20. The molecule has 0 amide bonds. The molecule has 1 heterocycles. The van der Waals surface area contributed by atoms with Crippen molar-refractivity contribution in [3.8, 4) is 17.2 Å². The fourth-order valence-corrected chi connectivity index (χ4v) is 2.68. The number of benzene rings is 2. The van der Waals surface area contributed by atoms with Gasteiger partial charge in [-0.15, -0.1) is 0 Å². The summed E-state index contributed by atoms with van der Waals surface area (Å²) in [5.74, 6) is 2.18. The molecule has 6 heteroatoms. The van der Waals surface area contributed by atoms with Crippen LogP contribution in [0, 0.1) is 0 Å². The summed E-state index contributed by atoms with van der Waals surface area (Å²) >= 11 is 0. The third-order valence-electron chi connectivity index (χ3n) is 3.96. The SMILES string of the molecule is CN=C(NCc1cccc(OC(C)C)c1)NCc1coc(-c2ccccc2)n1. The molecule has 0 aliphatic carbocycles. The van der Waals surface area contributed by atoms with Crippen LogP contribution in [-0.2, 0) is 13.1 Å². The zero-order chi connectivity index (χ0) is 19.8. The minimum absolute atomic E-state index is 0.154. The molecule has 0 saturated carbocycles. The van der Waals surface area contributed by atoms with Crippen LogP contribution in [0.5, 0.6) is 5.75 Å². The Hall–Kier alpha value is -3.28. The van der Waals surface area contributed by atoms with E-state index in [0.717, 1.165) is 22.6 Å². The zero-order valence-corrected chi connectivity index (χ0v) is 16.5. The second kappa shape index (κ2) is 9.60. The van der Waals surface area contributed by atoms with Gasteiger partial charge in [-0.3, -0.25) is 4.99 Å². The molecule has 0 saturated heterocycles. The molecular weight excluding hydrogens is 352 g/mol. The van der Waals surface area contributed by atoms with Gasteiger partial charge in [-0.05, 0) is 43.7 Å². The number of hydrogen-bond donors (Lipinski definition) is 2. The van der Waals surface area contributed by atoms with E-state index in [-0.39, 0.29) is 6.10 Å². The van der Waals surface area contributed by atoms with Crippen molar-refractivity contribution < 1.29 is 9.15 Å². The van der Waals surface area contributed by atoms with Gasteiger partial charge >= 0.3 is 0 Å². The summed E-state index contributed by atoms with van der Waals surface area (Å²) in [6, 6.07) is 17.9. The molecule has 0 fully saturated rings. The van der Waals surface area contributed by atoms with Crippen molar-refractivity contribution in [3.05, 3.63) is 72.1 Å². The Labute approximate surface area is 165 Å². The lowest BCUT2D eigenvalue weighted by molar-refractivity contribution is 0.242. The summed E-state index contributed by atoms with van der Waals surface area (Å²) < 4.78 is 11.3. The maximum atomic E-state index is 5.74. The molecule has 0 aliphatic heterocycles. The van der Waals surface area contributed by atoms with Crippen LogP contribution in [-0.4, -0.2) is 24.1 Å². The van der Waals surface area contributed by atoms with Crippen molar-refractivity contribution in [2.24, 2.45) is 4.99 Å². The molecule has 0 aliphatic rings. The minimum Gasteiger partial charge on any atom is -0.491 e. The average molecular weight is 378 g/mol. The largest absolute Gasteiger partial charge is 0.491 e. The molecule has 3 rings (SSSR count). The lowest BCUT2D eigenvalue weighted by atomic mass is 10.2. The van der Waals surface area contributed by atoms with Gasteiger partial charge in [-0.1, -0.05) is 30.3 Å². The number of aliphatic imine (C=N–C) groups is 1. The Bertz CT molecular complexity index is 904. The van der Waals surface area contributed by atoms with Gasteiger partial charge in [0.05, 0.1) is 18.3 Å². The highest BCUT2D eigenvalue weighted by Crippen LogP contribution is 2.18. The number of guanidine groups is 1. The lowest BCUT2D eigenvalue weighted by Crippen LogP contribution is -2.36. The van der Waals surface area contributed by atoms with E-state index >= 15 is 0 Å². The van der Waals surface area contributed by atoms with Crippen molar-refractivity contribution in [1.82, 2.24) is 15.6 Å². The third kappa shape index (κ3) is 5.61. The first-order valence-corrected chi connectivity index (χ1v) is 9.34. The molecule has 0 radical (unpaired) electrons. The van der Waals surface area contributed by atoms with Gasteiger partial charge in [0.2, 0.25) is 5.89 Å². The third-order valence-corrected chi connectivity index (χ3v) is 3.96. The van der Waals surface area contributed by atoms with E-state index in [0.29, 0.717) is 24.9 Å².